The van der Waals surface area contributed by atoms with Crippen molar-refractivity contribution in [3.63, 3.8) is 0 Å². The molecule has 0 saturated carbocycles. The fourth-order valence-corrected chi connectivity index (χ4v) is 1.55. The van der Waals surface area contributed by atoms with Gasteiger partial charge in [0.1, 0.15) is 0 Å². The highest BCUT2D eigenvalue weighted by atomic mass is 16.5. The lowest BCUT2D eigenvalue weighted by molar-refractivity contribution is 0.364. The first-order chi connectivity index (χ1) is 8.41. The summed E-state index contributed by atoms with van der Waals surface area (Å²) >= 11 is 0. The molecule has 6 nitrogen and oxygen atoms in total. The first-order valence-electron chi connectivity index (χ1n) is 5.80. The smallest absolute Gasteiger partial charge is 0.231 e. The highest BCUT2D eigenvalue weighted by Gasteiger charge is 2.20. The molecule has 1 rings (SSSR count). The van der Waals surface area contributed by atoms with Crippen LogP contribution in [0.15, 0.2) is 6.07 Å². The van der Waals surface area contributed by atoms with Gasteiger partial charge in [0, 0.05) is 13.6 Å². The summed E-state index contributed by atoms with van der Waals surface area (Å²) in [5.41, 5.74) is 5.72. The average molecular weight is 254 g/mol. The van der Waals surface area contributed by atoms with Gasteiger partial charge >= 0.3 is 0 Å². The topological polar surface area (TPSA) is 73.5 Å². The maximum Gasteiger partial charge on any atom is 0.231 e. The van der Waals surface area contributed by atoms with Gasteiger partial charge < -0.3 is 20.1 Å². The van der Waals surface area contributed by atoms with E-state index in [9.17, 15) is 0 Å². The van der Waals surface area contributed by atoms with Crippen molar-refractivity contribution in [3.05, 3.63) is 6.07 Å². The van der Waals surface area contributed by atoms with Crippen LogP contribution in [0.1, 0.15) is 13.8 Å². The van der Waals surface area contributed by atoms with Gasteiger partial charge in [-0.2, -0.15) is 9.97 Å². The molecule has 0 bridgehead atoms. The van der Waals surface area contributed by atoms with Crippen LogP contribution >= 0.6 is 0 Å². The molecule has 18 heavy (non-hydrogen) atoms. The molecule has 1 heterocycles. The number of ether oxygens (including phenoxy) is 2. The second-order valence-corrected chi connectivity index (χ2v) is 4.98. The minimum Gasteiger partial charge on any atom is -0.481 e. The first kappa shape index (κ1) is 14.5. The third kappa shape index (κ3) is 3.73. The Kier molecular flexibility index (Phi) is 4.72. The van der Waals surface area contributed by atoms with Crippen molar-refractivity contribution in [2.45, 2.75) is 13.8 Å². The molecule has 0 fully saturated rings. The lowest BCUT2D eigenvalue weighted by Gasteiger charge is -2.29. The Labute approximate surface area is 108 Å². The van der Waals surface area contributed by atoms with Gasteiger partial charge in [0.25, 0.3) is 0 Å². The molecule has 0 aliphatic rings. The van der Waals surface area contributed by atoms with E-state index in [0.29, 0.717) is 24.3 Å². The third-order valence-corrected chi connectivity index (χ3v) is 2.64. The molecule has 0 saturated heterocycles. The van der Waals surface area contributed by atoms with Crippen LogP contribution in [0, 0.1) is 5.41 Å². The summed E-state index contributed by atoms with van der Waals surface area (Å²) in [4.78, 5) is 10.5. The summed E-state index contributed by atoms with van der Waals surface area (Å²) in [6.07, 6.45) is 0. The summed E-state index contributed by atoms with van der Waals surface area (Å²) in [5, 5.41) is 0. The number of nitrogens with two attached hydrogens (primary N) is 1. The Morgan fingerprint density at radius 1 is 1.22 bits per heavy atom. The van der Waals surface area contributed by atoms with Crippen molar-refractivity contribution in [2.75, 3.05) is 39.3 Å². The monoisotopic (exact) mass is 254 g/mol. The van der Waals surface area contributed by atoms with E-state index in [1.807, 2.05) is 11.9 Å². The molecule has 6 heteroatoms. The molecule has 0 aromatic carbocycles. The normalized spacial score (nSPS) is 11.2. The van der Waals surface area contributed by atoms with Crippen LogP contribution in [0.3, 0.4) is 0 Å². The molecular formula is C12H22N4O2. The molecule has 102 valence electrons. The van der Waals surface area contributed by atoms with Gasteiger partial charge in [-0.3, -0.25) is 0 Å². The van der Waals surface area contributed by atoms with Crippen molar-refractivity contribution in [3.8, 4) is 11.8 Å². The predicted molar refractivity (Wildman–Crippen MR) is 71.2 cm³/mol. The van der Waals surface area contributed by atoms with Crippen LogP contribution in [-0.2, 0) is 0 Å². The van der Waals surface area contributed by atoms with Gasteiger partial charge in [-0.25, -0.2) is 0 Å². The summed E-state index contributed by atoms with van der Waals surface area (Å²) in [7, 11) is 5.05. The zero-order valence-electron chi connectivity index (χ0n) is 11.7. The number of hydrogen-bond acceptors (Lipinski definition) is 6. The minimum absolute atomic E-state index is 0.00553. The quantitative estimate of drug-likeness (QED) is 0.813. The molecule has 0 spiro atoms. The van der Waals surface area contributed by atoms with Crippen LogP contribution in [0.4, 0.5) is 5.95 Å². The standard InChI is InChI=1S/C12H22N4O2/c1-12(2,7-13)8-16(3)11-14-9(17-4)6-10(15-11)18-5/h6H,7-8,13H2,1-5H3. The number of methoxy groups -OCH3 is 2. The molecular weight excluding hydrogens is 232 g/mol. The molecule has 0 amide bonds. The number of nitrogens with zero attached hydrogens (tertiary/aromatic N) is 3. The van der Waals surface area contributed by atoms with Crippen molar-refractivity contribution in [2.24, 2.45) is 11.1 Å². The Balaban J connectivity index is 2.94. The number of rotatable bonds is 6. The summed E-state index contributed by atoms with van der Waals surface area (Å²) < 4.78 is 10.2. The van der Waals surface area contributed by atoms with Gasteiger partial charge in [0.05, 0.1) is 20.3 Å². The molecule has 1 aromatic rings. The summed E-state index contributed by atoms with van der Waals surface area (Å²) in [6.45, 7) is 5.54. The first-order valence-corrected chi connectivity index (χ1v) is 5.80. The maximum atomic E-state index is 5.73. The van der Waals surface area contributed by atoms with E-state index in [-0.39, 0.29) is 5.41 Å². The molecule has 0 aliphatic carbocycles. The van der Waals surface area contributed by atoms with Crippen LogP contribution in [-0.4, -0.2) is 44.3 Å². The van der Waals surface area contributed by atoms with E-state index in [2.05, 4.69) is 23.8 Å². The molecule has 0 unspecified atom stereocenters. The Morgan fingerprint density at radius 3 is 2.11 bits per heavy atom. The lowest BCUT2D eigenvalue weighted by Crippen LogP contribution is -2.37. The van der Waals surface area contributed by atoms with E-state index in [0.717, 1.165) is 6.54 Å². The second kappa shape index (κ2) is 5.86. The third-order valence-electron chi connectivity index (χ3n) is 2.64. The highest BCUT2D eigenvalue weighted by molar-refractivity contribution is 5.36. The number of anilines is 1. The molecule has 0 aliphatic heterocycles. The van der Waals surface area contributed by atoms with Crippen molar-refractivity contribution in [1.29, 1.82) is 0 Å². The number of hydrogen-bond donors (Lipinski definition) is 1. The minimum atomic E-state index is -0.00553. The van der Waals surface area contributed by atoms with E-state index in [1.54, 1.807) is 20.3 Å². The second-order valence-electron chi connectivity index (χ2n) is 4.98. The van der Waals surface area contributed by atoms with E-state index in [4.69, 9.17) is 15.2 Å². The summed E-state index contributed by atoms with van der Waals surface area (Å²) in [5.74, 6) is 1.52. The van der Waals surface area contributed by atoms with Crippen molar-refractivity contribution >= 4 is 5.95 Å². The maximum absolute atomic E-state index is 5.73. The average Bonchev–Trinajstić information content (AvgIpc) is 2.37. The zero-order chi connectivity index (χ0) is 13.8. The van der Waals surface area contributed by atoms with E-state index < -0.39 is 0 Å². The largest absolute Gasteiger partial charge is 0.481 e. The van der Waals surface area contributed by atoms with Crippen LogP contribution in [0.25, 0.3) is 0 Å². The van der Waals surface area contributed by atoms with E-state index in [1.165, 1.54) is 0 Å². The van der Waals surface area contributed by atoms with Gasteiger partial charge in [-0.05, 0) is 12.0 Å². The van der Waals surface area contributed by atoms with Gasteiger partial charge in [-0.1, -0.05) is 13.8 Å². The van der Waals surface area contributed by atoms with Crippen LogP contribution in [0.2, 0.25) is 0 Å². The molecule has 2 N–H and O–H groups in total. The van der Waals surface area contributed by atoms with Gasteiger partial charge in [0.15, 0.2) is 0 Å². The fourth-order valence-electron chi connectivity index (χ4n) is 1.55. The van der Waals surface area contributed by atoms with Crippen molar-refractivity contribution in [1.82, 2.24) is 9.97 Å². The fraction of sp³-hybridized carbons (Fsp3) is 0.667. The molecule has 0 atom stereocenters. The Bertz CT molecular complexity index is 373. The van der Waals surface area contributed by atoms with Crippen molar-refractivity contribution < 1.29 is 9.47 Å². The van der Waals surface area contributed by atoms with Gasteiger partial charge in [-0.15, -0.1) is 0 Å². The lowest BCUT2D eigenvalue weighted by atomic mass is 9.93. The van der Waals surface area contributed by atoms with E-state index >= 15 is 0 Å². The SMILES string of the molecule is COc1cc(OC)nc(N(C)CC(C)(C)CN)n1. The van der Waals surface area contributed by atoms with Gasteiger partial charge in [0.2, 0.25) is 17.7 Å². The zero-order valence-corrected chi connectivity index (χ0v) is 11.7. The predicted octanol–water partition coefficient (Wildman–Crippen LogP) is 0.915. The molecule has 0 radical (unpaired) electrons. The molecule has 1 aromatic heterocycles. The highest BCUT2D eigenvalue weighted by Crippen LogP contribution is 2.22. The van der Waals surface area contributed by atoms with Crippen LogP contribution in [0.5, 0.6) is 11.8 Å². The Morgan fingerprint density at radius 2 is 1.72 bits per heavy atom. The summed E-state index contributed by atoms with van der Waals surface area (Å²) in [6, 6.07) is 1.64. The Hall–Kier alpha value is -1.56. The van der Waals surface area contributed by atoms with Crippen LogP contribution < -0.4 is 20.1 Å². The number of aromatic nitrogens is 2.